The van der Waals surface area contributed by atoms with Crippen molar-refractivity contribution in [3.8, 4) is 0 Å². The second-order valence-electron chi connectivity index (χ2n) is 5.28. The fourth-order valence-electron chi connectivity index (χ4n) is 3.20. The van der Waals surface area contributed by atoms with Crippen molar-refractivity contribution in [2.75, 3.05) is 39.8 Å². The molecule has 0 bridgehead atoms. The molecule has 15 heavy (non-hydrogen) atoms. The number of likely N-dealkylation sites (N-methyl/N-ethyl adjacent to an activating group) is 1. The average Bonchev–Trinajstić information content (AvgIpc) is 2.63. The van der Waals surface area contributed by atoms with Crippen LogP contribution in [0.5, 0.6) is 0 Å². The standard InChI is InChI=1S/C12H25N3/c1-14-7-4-8-15(10-9-14)12(11-13)5-2-3-6-12/h2-11,13H2,1H3. The van der Waals surface area contributed by atoms with E-state index in [0.29, 0.717) is 5.54 Å². The Morgan fingerprint density at radius 2 is 1.73 bits per heavy atom. The molecule has 2 rings (SSSR count). The molecule has 0 aromatic rings. The molecular weight excluding hydrogens is 186 g/mol. The van der Waals surface area contributed by atoms with E-state index in [9.17, 15) is 0 Å². The zero-order valence-electron chi connectivity index (χ0n) is 10.0. The first-order valence-electron chi connectivity index (χ1n) is 6.40. The molecule has 0 atom stereocenters. The van der Waals surface area contributed by atoms with Gasteiger partial charge in [0.25, 0.3) is 0 Å². The lowest BCUT2D eigenvalue weighted by Gasteiger charge is -2.40. The smallest absolute Gasteiger partial charge is 0.0332 e. The van der Waals surface area contributed by atoms with Gasteiger partial charge in [-0.05, 0) is 32.9 Å². The molecule has 1 heterocycles. The maximum absolute atomic E-state index is 6.03. The third kappa shape index (κ3) is 2.35. The van der Waals surface area contributed by atoms with Crippen LogP contribution in [0.3, 0.4) is 0 Å². The zero-order valence-corrected chi connectivity index (χ0v) is 10.0. The summed E-state index contributed by atoms with van der Waals surface area (Å²) in [6, 6.07) is 0. The Bertz CT molecular complexity index is 199. The van der Waals surface area contributed by atoms with E-state index in [1.807, 2.05) is 0 Å². The molecule has 3 nitrogen and oxygen atoms in total. The van der Waals surface area contributed by atoms with E-state index in [-0.39, 0.29) is 0 Å². The summed E-state index contributed by atoms with van der Waals surface area (Å²) in [5.74, 6) is 0. The molecule has 0 aromatic carbocycles. The second-order valence-corrected chi connectivity index (χ2v) is 5.28. The Morgan fingerprint density at radius 1 is 1.00 bits per heavy atom. The molecule has 3 heteroatoms. The Kier molecular flexibility index (Phi) is 3.65. The first-order valence-corrected chi connectivity index (χ1v) is 6.40. The summed E-state index contributed by atoms with van der Waals surface area (Å²) in [6.07, 6.45) is 6.71. The van der Waals surface area contributed by atoms with Crippen LogP contribution in [0.4, 0.5) is 0 Å². The predicted molar refractivity (Wildman–Crippen MR) is 63.9 cm³/mol. The lowest BCUT2D eigenvalue weighted by atomic mass is 9.95. The highest BCUT2D eigenvalue weighted by Gasteiger charge is 2.38. The minimum Gasteiger partial charge on any atom is -0.329 e. The summed E-state index contributed by atoms with van der Waals surface area (Å²) in [7, 11) is 2.23. The van der Waals surface area contributed by atoms with Crippen molar-refractivity contribution in [2.24, 2.45) is 5.73 Å². The molecule has 1 saturated carbocycles. The SMILES string of the molecule is CN1CCCN(C2(CN)CCCC2)CC1. The molecule has 0 aromatic heterocycles. The van der Waals surface area contributed by atoms with Crippen LogP contribution in [0.2, 0.25) is 0 Å². The molecule has 0 spiro atoms. The van der Waals surface area contributed by atoms with Gasteiger partial charge in [-0.15, -0.1) is 0 Å². The van der Waals surface area contributed by atoms with Gasteiger partial charge >= 0.3 is 0 Å². The highest BCUT2D eigenvalue weighted by atomic mass is 15.3. The number of hydrogen-bond donors (Lipinski definition) is 1. The van der Waals surface area contributed by atoms with E-state index in [2.05, 4.69) is 16.8 Å². The van der Waals surface area contributed by atoms with Crippen molar-refractivity contribution in [1.29, 1.82) is 0 Å². The van der Waals surface area contributed by atoms with Gasteiger partial charge in [-0.2, -0.15) is 0 Å². The first-order chi connectivity index (χ1) is 7.27. The Balaban J connectivity index is 2.01. The molecule has 0 radical (unpaired) electrons. The summed E-state index contributed by atoms with van der Waals surface area (Å²) in [5, 5.41) is 0. The summed E-state index contributed by atoms with van der Waals surface area (Å²) >= 11 is 0. The van der Waals surface area contributed by atoms with Crippen molar-refractivity contribution in [3.05, 3.63) is 0 Å². The third-order valence-electron chi connectivity index (χ3n) is 4.30. The molecule has 2 fully saturated rings. The van der Waals surface area contributed by atoms with Gasteiger partial charge < -0.3 is 10.6 Å². The molecule has 0 amide bonds. The van der Waals surface area contributed by atoms with Gasteiger partial charge in [0.2, 0.25) is 0 Å². The molecule has 2 aliphatic rings. The Morgan fingerprint density at radius 3 is 2.40 bits per heavy atom. The van der Waals surface area contributed by atoms with Gasteiger partial charge in [0, 0.05) is 31.7 Å². The maximum atomic E-state index is 6.03. The van der Waals surface area contributed by atoms with E-state index in [0.717, 1.165) is 6.54 Å². The van der Waals surface area contributed by atoms with Crippen molar-refractivity contribution in [3.63, 3.8) is 0 Å². The van der Waals surface area contributed by atoms with E-state index >= 15 is 0 Å². The largest absolute Gasteiger partial charge is 0.329 e. The molecule has 1 saturated heterocycles. The van der Waals surface area contributed by atoms with Gasteiger partial charge in [0.1, 0.15) is 0 Å². The topological polar surface area (TPSA) is 32.5 Å². The lowest BCUT2D eigenvalue weighted by molar-refractivity contribution is 0.104. The Labute approximate surface area is 93.6 Å². The fraction of sp³-hybridized carbons (Fsp3) is 1.00. The van der Waals surface area contributed by atoms with E-state index in [1.165, 1.54) is 58.3 Å². The summed E-state index contributed by atoms with van der Waals surface area (Å²) < 4.78 is 0. The van der Waals surface area contributed by atoms with Crippen LogP contribution in [-0.4, -0.2) is 55.1 Å². The van der Waals surface area contributed by atoms with E-state index in [4.69, 9.17) is 5.73 Å². The zero-order chi connectivity index (χ0) is 10.7. The number of nitrogens with two attached hydrogens (primary N) is 1. The monoisotopic (exact) mass is 211 g/mol. The minimum absolute atomic E-state index is 0.366. The van der Waals surface area contributed by atoms with Gasteiger partial charge in [-0.25, -0.2) is 0 Å². The molecule has 2 N–H and O–H groups in total. The molecule has 1 aliphatic heterocycles. The number of nitrogens with zero attached hydrogens (tertiary/aromatic N) is 2. The van der Waals surface area contributed by atoms with E-state index in [1.54, 1.807) is 0 Å². The van der Waals surface area contributed by atoms with Crippen molar-refractivity contribution in [1.82, 2.24) is 9.80 Å². The maximum Gasteiger partial charge on any atom is 0.0332 e. The highest BCUT2D eigenvalue weighted by molar-refractivity contribution is 4.96. The van der Waals surface area contributed by atoms with Gasteiger partial charge in [0.15, 0.2) is 0 Å². The lowest BCUT2D eigenvalue weighted by Crippen LogP contribution is -2.53. The van der Waals surface area contributed by atoms with Gasteiger partial charge in [-0.3, -0.25) is 4.90 Å². The van der Waals surface area contributed by atoms with Crippen molar-refractivity contribution < 1.29 is 0 Å². The van der Waals surface area contributed by atoms with E-state index < -0.39 is 0 Å². The first kappa shape index (κ1) is 11.4. The number of rotatable bonds is 2. The van der Waals surface area contributed by atoms with Crippen molar-refractivity contribution in [2.45, 2.75) is 37.6 Å². The van der Waals surface area contributed by atoms with Crippen LogP contribution < -0.4 is 5.73 Å². The molecule has 88 valence electrons. The second kappa shape index (κ2) is 4.81. The number of hydrogen-bond acceptors (Lipinski definition) is 3. The van der Waals surface area contributed by atoms with Gasteiger partial charge in [0.05, 0.1) is 0 Å². The minimum atomic E-state index is 0.366. The predicted octanol–water partition coefficient (Wildman–Crippen LogP) is 0.895. The summed E-state index contributed by atoms with van der Waals surface area (Å²) in [6.45, 7) is 5.78. The summed E-state index contributed by atoms with van der Waals surface area (Å²) in [5.41, 5.74) is 6.40. The normalized spacial score (nSPS) is 29.2. The van der Waals surface area contributed by atoms with Crippen molar-refractivity contribution >= 4 is 0 Å². The molecular formula is C12H25N3. The highest BCUT2D eigenvalue weighted by Crippen LogP contribution is 2.34. The summed E-state index contributed by atoms with van der Waals surface area (Å²) in [4.78, 5) is 5.13. The van der Waals surface area contributed by atoms with Crippen LogP contribution >= 0.6 is 0 Å². The van der Waals surface area contributed by atoms with Gasteiger partial charge in [-0.1, -0.05) is 12.8 Å². The van der Waals surface area contributed by atoms with Crippen LogP contribution in [-0.2, 0) is 0 Å². The van der Waals surface area contributed by atoms with Crippen LogP contribution in [0, 0.1) is 0 Å². The van der Waals surface area contributed by atoms with Crippen LogP contribution in [0.15, 0.2) is 0 Å². The van der Waals surface area contributed by atoms with Crippen LogP contribution in [0.25, 0.3) is 0 Å². The third-order valence-corrected chi connectivity index (χ3v) is 4.30. The molecule has 0 unspecified atom stereocenters. The quantitative estimate of drug-likeness (QED) is 0.736. The molecule has 1 aliphatic carbocycles. The average molecular weight is 211 g/mol. The fourth-order valence-corrected chi connectivity index (χ4v) is 3.20. The van der Waals surface area contributed by atoms with Crippen LogP contribution in [0.1, 0.15) is 32.1 Å². The Hall–Kier alpha value is -0.120.